The SMILES string of the molecule is CCCCOC(=O)[C@H](OCC(=O)O)[C@H](CC(C)C)C(=O)N[C@H](CCCCN)C(=O)NC. The number of aliphatic carboxylic acids is 1. The van der Waals surface area contributed by atoms with Crippen LogP contribution in [0.2, 0.25) is 0 Å². The van der Waals surface area contributed by atoms with Crippen molar-refractivity contribution in [3.05, 3.63) is 0 Å². The van der Waals surface area contributed by atoms with Crippen molar-refractivity contribution in [2.24, 2.45) is 17.6 Å². The molecule has 0 spiro atoms. The summed E-state index contributed by atoms with van der Waals surface area (Å²) in [6, 6.07) is -0.796. The minimum Gasteiger partial charge on any atom is -0.480 e. The van der Waals surface area contributed by atoms with Crippen molar-refractivity contribution in [3.63, 3.8) is 0 Å². The summed E-state index contributed by atoms with van der Waals surface area (Å²) in [4.78, 5) is 49.0. The highest BCUT2D eigenvalue weighted by Gasteiger charge is 2.38. The lowest BCUT2D eigenvalue weighted by molar-refractivity contribution is -0.168. The van der Waals surface area contributed by atoms with Gasteiger partial charge in [0.2, 0.25) is 11.8 Å². The Morgan fingerprint density at radius 3 is 2.26 bits per heavy atom. The molecule has 0 heterocycles. The molecule has 0 bridgehead atoms. The molecule has 0 unspecified atom stereocenters. The van der Waals surface area contributed by atoms with Gasteiger partial charge in [0.15, 0.2) is 6.10 Å². The van der Waals surface area contributed by atoms with Crippen LogP contribution >= 0.6 is 0 Å². The number of hydrogen-bond donors (Lipinski definition) is 4. The van der Waals surface area contributed by atoms with Crippen molar-refractivity contribution in [1.82, 2.24) is 10.6 Å². The van der Waals surface area contributed by atoms with E-state index < -0.39 is 42.5 Å². The van der Waals surface area contributed by atoms with Crippen LogP contribution in [0.15, 0.2) is 0 Å². The molecule has 0 aliphatic rings. The van der Waals surface area contributed by atoms with Gasteiger partial charge in [-0.3, -0.25) is 9.59 Å². The lowest BCUT2D eigenvalue weighted by Gasteiger charge is -2.28. The zero-order valence-corrected chi connectivity index (χ0v) is 19.1. The molecule has 0 aromatic heterocycles. The van der Waals surface area contributed by atoms with Crippen molar-refractivity contribution >= 4 is 23.8 Å². The number of nitrogens with two attached hydrogens (primary N) is 1. The van der Waals surface area contributed by atoms with E-state index in [-0.39, 0.29) is 24.9 Å². The van der Waals surface area contributed by atoms with Gasteiger partial charge in [0, 0.05) is 7.05 Å². The summed E-state index contributed by atoms with van der Waals surface area (Å²) in [5.41, 5.74) is 5.50. The van der Waals surface area contributed by atoms with Crippen LogP contribution in [0, 0.1) is 11.8 Å². The highest BCUT2D eigenvalue weighted by atomic mass is 16.6. The van der Waals surface area contributed by atoms with Gasteiger partial charge < -0.3 is 30.9 Å². The topological polar surface area (TPSA) is 157 Å². The van der Waals surface area contributed by atoms with E-state index in [0.29, 0.717) is 32.2 Å². The van der Waals surface area contributed by atoms with Gasteiger partial charge in [0.05, 0.1) is 12.5 Å². The molecule has 3 atom stereocenters. The minimum absolute atomic E-state index is 0.00538. The Bertz CT molecular complexity index is 569. The number of likely N-dealkylation sites (N-methyl/N-ethyl adjacent to an activating group) is 1. The van der Waals surface area contributed by atoms with Gasteiger partial charge in [-0.2, -0.15) is 0 Å². The zero-order valence-electron chi connectivity index (χ0n) is 19.1. The second kappa shape index (κ2) is 16.5. The fourth-order valence-corrected chi connectivity index (χ4v) is 3.00. The quantitative estimate of drug-likeness (QED) is 0.189. The van der Waals surface area contributed by atoms with Crippen LogP contribution < -0.4 is 16.4 Å². The van der Waals surface area contributed by atoms with Gasteiger partial charge in [0.1, 0.15) is 12.6 Å². The number of esters is 1. The molecule has 180 valence electrons. The molecule has 0 rings (SSSR count). The first-order chi connectivity index (χ1) is 14.7. The Hall–Kier alpha value is -2.20. The summed E-state index contributed by atoms with van der Waals surface area (Å²) in [5, 5.41) is 14.2. The predicted molar refractivity (Wildman–Crippen MR) is 115 cm³/mol. The van der Waals surface area contributed by atoms with Crippen LogP contribution in [-0.4, -0.2) is 67.8 Å². The van der Waals surface area contributed by atoms with E-state index in [1.165, 1.54) is 7.05 Å². The van der Waals surface area contributed by atoms with Crippen LogP contribution in [0.5, 0.6) is 0 Å². The van der Waals surface area contributed by atoms with Crippen molar-refractivity contribution in [2.75, 3.05) is 26.8 Å². The molecule has 0 aliphatic heterocycles. The highest BCUT2D eigenvalue weighted by Crippen LogP contribution is 2.21. The molecule has 0 saturated heterocycles. The van der Waals surface area contributed by atoms with E-state index in [1.54, 1.807) is 0 Å². The number of carbonyl (C=O) groups is 4. The number of nitrogens with one attached hydrogen (secondary N) is 2. The van der Waals surface area contributed by atoms with Gasteiger partial charge in [-0.05, 0) is 44.6 Å². The average Bonchev–Trinajstić information content (AvgIpc) is 2.71. The maximum Gasteiger partial charge on any atom is 0.336 e. The van der Waals surface area contributed by atoms with E-state index in [2.05, 4.69) is 10.6 Å². The molecule has 31 heavy (non-hydrogen) atoms. The lowest BCUT2D eigenvalue weighted by Crippen LogP contribution is -2.51. The van der Waals surface area contributed by atoms with Gasteiger partial charge in [-0.15, -0.1) is 0 Å². The first-order valence-corrected chi connectivity index (χ1v) is 10.9. The van der Waals surface area contributed by atoms with E-state index in [4.69, 9.17) is 20.3 Å². The first-order valence-electron chi connectivity index (χ1n) is 10.9. The number of rotatable bonds is 17. The molecule has 0 radical (unpaired) electrons. The Morgan fingerprint density at radius 2 is 1.74 bits per heavy atom. The largest absolute Gasteiger partial charge is 0.480 e. The molecule has 0 aliphatic carbocycles. The monoisotopic (exact) mass is 445 g/mol. The standard InChI is InChI=1S/C21H39N3O7/c1-5-6-11-30-21(29)18(31-13-17(25)26)15(12-14(2)3)19(27)24-16(20(28)23-4)9-7-8-10-22/h14-16,18H,5-13,22H2,1-4H3,(H,23,28)(H,24,27)(H,25,26)/t15-,16+,18+/m0/s1. The lowest BCUT2D eigenvalue weighted by atomic mass is 9.90. The van der Waals surface area contributed by atoms with E-state index >= 15 is 0 Å². The fraction of sp³-hybridized carbons (Fsp3) is 0.810. The summed E-state index contributed by atoms with van der Waals surface area (Å²) in [5.74, 6) is -3.96. The number of ether oxygens (including phenoxy) is 2. The molecule has 5 N–H and O–H groups in total. The molecule has 10 nitrogen and oxygen atoms in total. The number of carboxylic acids is 1. The maximum atomic E-state index is 13.1. The summed E-state index contributed by atoms with van der Waals surface area (Å²) in [6.45, 7) is 5.55. The van der Waals surface area contributed by atoms with Gasteiger partial charge in [0.25, 0.3) is 0 Å². The highest BCUT2D eigenvalue weighted by molar-refractivity contribution is 5.91. The summed E-state index contributed by atoms with van der Waals surface area (Å²) in [7, 11) is 1.47. The Labute approximate surface area is 184 Å². The Kier molecular flexibility index (Phi) is 15.3. The second-order valence-corrected chi connectivity index (χ2v) is 7.84. The van der Waals surface area contributed by atoms with Gasteiger partial charge in [-0.25, -0.2) is 9.59 Å². The number of unbranched alkanes of at least 4 members (excludes halogenated alkanes) is 2. The number of hydrogen-bond acceptors (Lipinski definition) is 7. The third-order valence-electron chi connectivity index (χ3n) is 4.61. The fourth-order valence-electron chi connectivity index (χ4n) is 3.00. The maximum absolute atomic E-state index is 13.1. The van der Waals surface area contributed by atoms with Crippen LogP contribution in [0.3, 0.4) is 0 Å². The second-order valence-electron chi connectivity index (χ2n) is 7.84. The third-order valence-corrected chi connectivity index (χ3v) is 4.61. The van der Waals surface area contributed by atoms with Crippen LogP contribution in [-0.2, 0) is 28.7 Å². The van der Waals surface area contributed by atoms with E-state index in [9.17, 15) is 19.2 Å². The van der Waals surface area contributed by atoms with E-state index in [1.807, 2.05) is 20.8 Å². The van der Waals surface area contributed by atoms with Gasteiger partial charge >= 0.3 is 11.9 Å². The first kappa shape index (κ1) is 28.8. The van der Waals surface area contributed by atoms with Crippen molar-refractivity contribution in [3.8, 4) is 0 Å². The van der Waals surface area contributed by atoms with Crippen LogP contribution in [0.25, 0.3) is 0 Å². The normalized spacial score (nSPS) is 13.9. The molecular weight excluding hydrogens is 406 g/mol. The predicted octanol–water partition coefficient (Wildman–Crippen LogP) is 0.822. The summed E-state index contributed by atoms with van der Waals surface area (Å²) < 4.78 is 10.5. The minimum atomic E-state index is -1.38. The van der Waals surface area contributed by atoms with Crippen LogP contribution in [0.4, 0.5) is 0 Å². The molecule has 0 aromatic rings. The molecular formula is C21H39N3O7. The number of carboxylic acid groups (broad SMARTS) is 1. The number of carbonyl (C=O) groups excluding carboxylic acids is 3. The molecule has 2 amide bonds. The average molecular weight is 446 g/mol. The van der Waals surface area contributed by atoms with Crippen molar-refractivity contribution in [2.45, 2.75) is 71.4 Å². The van der Waals surface area contributed by atoms with Crippen molar-refractivity contribution in [1.29, 1.82) is 0 Å². The smallest absolute Gasteiger partial charge is 0.336 e. The molecule has 0 saturated carbocycles. The molecule has 0 aromatic carbocycles. The zero-order chi connectivity index (χ0) is 23.8. The molecule has 0 fully saturated rings. The summed E-state index contributed by atoms with van der Waals surface area (Å²) in [6.07, 6.45) is 2.04. The summed E-state index contributed by atoms with van der Waals surface area (Å²) >= 11 is 0. The third kappa shape index (κ3) is 12.3. The Morgan fingerprint density at radius 1 is 1.06 bits per heavy atom. The van der Waals surface area contributed by atoms with Gasteiger partial charge in [-0.1, -0.05) is 27.2 Å². The van der Waals surface area contributed by atoms with Crippen LogP contribution in [0.1, 0.15) is 59.3 Å². The number of amides is 2. The Balaban J connectivity index is 5.60. The van der Waals surface area contributed by atoms with Crippen molar-refractivity contribution < 1.29 is 33.8 Å². The molecule has 10 heteroatoms. The van der Waals surface area contributed by atoms with E-state index in [0.717, 1.165) is 6.42 Å².